The maximum absolute atomic E-state index is 5.41. The minimum absolute atomic E-state index is 0. The fraction of sp³-hybridized carbons (Fsp3) is 0.524. The van der Waals surface area contributed by atoms with Crippen LogP contribution < -0.4 is 10.6 Å². The number of nitrogens with zero attached hydrogens (tertiary/aromatic N) is 4. The maximum atomic E-state index is 5.41. The van der Waals surface area contributed by atoms with Gasteiger partial charge in [-0.3, -0.25) is 9.58 Å². The van der Waals surface area contributed by atoms with Crippen molar-refractivity contribution in [1.82, 2.24) is 25.3 Å². The highest BCUT2D eigenvalue weighted by atomic mass is 127. The third-order valence-electron chi connectivity index (χ3n) is 4.71. The molecular formula is C21H33IN6O. The van der Waals surface area contributed by atoms with Crippen molar-refractivity contribution in [2.75, 3.05) is 39.4 Å². The van der Waals surface area contributed by atoms with Gasteiger partial charge in [0, 0.05) is 51.7 Å². The molecule has 8 heteroatoms. The van der Waals surface area contributed by atoms with E-state index in [1.807, 2.05) is 23.1 Å². The molecule has 0 amide bonds. The highest BCUT2D eigenvalue weighted by Crippen LogP contribution is 2.10. The average Bonchev–Trinajstić information content (AvgIpc) is 3.25. The number of rotatable bonds is 9. The van der Waals surface area contributed by atoms with Gasteiger partial charge in [0.1, 0.15) is 0 Å². The molecule has 1 aliphatic rings. The number of aryl methyl sites for hydroxylation is 1. The topological polar surface area (TPSA) is 66.7 Å². The summed E-state index contributed by atoms with van der Waals surface area (Å²) in [5.41, 5.74) is 2.57. The van der Waals surface area contributed by atoms with Crippen LogP contribution in [0.1, 0.15) is 24.5 Å². The van der Waals surface area contributed by atoms with Gasteiger partial charge in [-0.1, -0.05) is 24.3 Å². The first-order chi connectivity index (χ1) is 13.8. The molecule has 1 aromatic heterocycles. The molecule has 2 N–H and O–H groups in total. The van der Waals surface area contributed by atoms with Gasteiger partial charge in [-0.15, -0.1) is 24.0 Å². The van der Waals surface area contributed by atoms with Crippen LogP contribution in [0.3, 0.4) is 0 Å². The van der Waals surface area contributed by atoms with E-state index in [0.717, 1.165) is 64.9 Å². The number of nitrogens with one attached hydrogen (secondary N) is 2. The molecule has 7 nitrogen and oxygen atoms in total. The Hall–Kier alpha value is -1.65. The van der Waals surface area contributed by atoms with E-state index in [0.29, 0.717) is 6.54 Å². The van der Waals surface area contributed by atoms with E-state index in [1.54, 1.807) is 0 Å². The first kappa shape index (κ1) is 23.6. The second-order valence-electron chi connectivity index (χ2n) is 6.95. The van der Waals surface area contributed by atoms with Crippen molar-refractivity contribution in [3.05, 3.63) is 53.9 Å². The van der Waals surface area contributed by atoms with Crippen LogP contribution in [0, 0.1) is 0 Å². The standard InChI is InChI=1S/C21H32N6O.HI/c1-2-22-21(23-9-3-11-27-12-4-10-25-27)24-17-19-5-7-20(8-6-19)18-26-13-15-28-16-14-26;/h4-8,10,12H,2-3,9,11,13-18H2,1H3,(H2,22,23,24);1H. The van der Waals surface area contributed by atoms with Crippen molar-refractivity contribution in [3.63, 3.8) is 0 Å². The third-order valence-corrected chi connectivity index (χ3v) is 4.71. The number of aliphatic imine (C=N–C) groups is 1. The number of aromatic nitrogens is 2. The molecule has 29 heavy (non-hydrogen) atoms. The fourth-order valence-electron chi connectivity index (χ4n) is 3.16. The number of benzene rings is 1. The van der Waals surface area contributed by atoms with E-state index in [2.05, 4.69) is 51.8 Å². The molecule has 0 aliphatic carbocycles. The van der Waals surface area contributed by atoms with Crippen molar-refractivity contribution in [2.24, 2.45) is 4.99 Å². The second-order valence-corrected chi connectivity index (χ2v) is 6.95. The molecule has 160 valence electrons. The van der Waals surface area contributed by atoms with Crippen LogP contribution in [0.2, 0.25) is 0 Å². The van der Waals surface area contributed by atoms with Gasteiger partial charge in [0.05, 0.1) is 19.8 Å². The van der Waals surface area contributed by atoms with Crippen molar-refractivity contribution in [2.45, 2.75) is 33.0 Å². The summed E-state index contributed by atoms with van der Waals surface area (Å²) in [6, 6.07) is 10.7. The van der Waals surface area contributed by atoms with E-state index < -0.39 is 0 Å². The van der Waals surface area contributed by atoms with Crippen molar-refractivity contribution in [1.29, 1.82) is 0 Å². The van der Waals surface area contributed by atoms with Crippen molar-refractivity contribution >= 4 is 29.9 Å². The number of guanidine groups is 1. The summed E-state index contributed by atoms with van der Waals surface area (Å²) in [7, 11) is 0. The first-order valence-electron chi connectivity index (χ1n) is 10.2. The monoisotopic (exact) mass is 512 g/mol. The molecule has 2 heterocycles. The molecule has 1 saturated heterocycles. The van der Waals surface area contributed by atoms with E-state index in [9.17, 15) is 0 Å². The minimum atomic E-state index is 0. The van der Waals surface area contributed by atoms with Gasteiger partial charge in [0.2, 0.25) is 0 Å². The smallest absolute Gasteiger partial charge is 0.191 e. The summed E-state index contributed by atoms with van der Waals surface area (Å²) in [5, 5.41) is 10.9. The summed E-state index contributed by atoms with van der Waals surface area (Å²) in [6.45, 7) is 10.1. The normalized spacial score (nSPS) is 15.0. The van der Waals surface area contributed by atoms with Gasteiger partial charge in [-0.05, 0) is 30.5 Å². The maximum Gasteiger partial charge on any atom is 0.191 e. The number of hydrogen-bond donors (Lipinski definition) is 2. The second kappa shape index (κ2) is 13.6. The van der Waals surface area contributed by atoms with E-state index in [1.165, 1.54) is 11.1 Å². The molecule has 2 aromatic rings. The van der Waals surface area contributed by atoms with E-state index in [4.69, 9.17) is 9.73 Å². The Bertz CT molecular complexity index is 698. The largest absolute Gasteiger partial charge is 0.379 e. The summed E-state index contributed by atoms with van der Waals surface area (Å²) in [5.74, 6) is 0.861. The zero-order chi connectivity index (χ0) is 19.4. The number of halogens is 1. The van der Waals surface area contributed by atoms with Crippen molar-refractivity contribution < 1.29 is 4.74 Å². The molecule has 0 radical (unpaired) electrons. The van der Waals surface area contributed by atoms with Gasteiger partial charge >= 0.3 is 0 Å². The Labute approximate surface area is 190 Å². The van der Waals surface area contributed by atoms with E-state index >= 15 is 0 Å². The molecule has 1 aromatic carbocycles. The lowest BCUT2D eigenvalue weighted by atomic mass is 10.1. The van der Waals surface area contributed by atoms with Crippen LogP contribution >= 0.6 is 24.0 Å². The zero-order valence-corrected chi connectivity index (χ0v) is 19.5. The lowest BCUT2D eigenvalue weighted by Gasteiger charge is -2.26. The molecular weight excluding hydrogens is 479 g/mol. The number of ether oxygens (including phenoxy) is 1. The van der Waals surface area contributed by atoms with Crippen molar-refractivity contribution in [3.8, 4) is 0 Å². The molecule has 3 rings (SSSR count). The predicted molar refractivity (Wildman–Crippen MR) is 128 cm³/mol. The lowest BCUT2D eigenvalue weighted by Crippen LogP contribution is -2.38. The number of morpholine rings is 1. The summed E-state index contributed by atoms with van der Waals surface area (Å²) in [4.78, 5) is 7.15. The van der Waals surface area contributed by atoms with Gasteiger partial charge in [-0.25, -0.2) is 4.99 Å². The molecule has 0 atom stereocenters. The number of hydrogen-bond acceptors (Lipinski definition) is 4. The van der Waals surface area contributed by atoms with Gasteiger partial charge in [0.25, 0.3) is 0 Å². The van der Waals surface area contributed by atoms with Gasteiger partial charge < -0.3 is 15.4 Å². The Morgan fingerprint density at radius 2 is 1.90 bits per heavy atom. The zero-order valence-electron chi connectivity index (χ0n) is 17.2. The minimum Gasteiger partial charge on any atom is -0.379 e. The predicted octanol–water partition coefficient (Wildman–Crippen LogP) is 2.48. The average molecular weight is 512 g/mol. The van der Waals surface area contributed by atoms with Crippen LogP contribution in [-0.4, -0.2) is 60.0 Å². The third kappa shape index (κ3) is 8.71. The molecule has 1 fully saturated rings. The molecule has 0 bridgehead atoms. The summed E-state index contributed by atoms with van der Waals surface area (Å²) >= 11 is 0. The summed E-state index contributed by atoms with van der Waals surface area (Å²) < 4.78 is 7.36. The van der Waals surface area contributed by atoms with Crippen LogP contribution in [0.5, 0.6) is 0 Å². The fourth-order valence-corrected chi connectivity index (χ4v) is 3.16. The summed E-state index contributed by atoms with van der Waals surface area (Å²) in [6.07, 6.45) is 4.80. The van der Waals surface area contributed by atoms with Gasteiger partial charge in [-0.2, -0.15) is 5.10 Å². The first-order valence-corrected chi connectivity index (χ1v) is 10.2. The highest BCUT2D eigenvalue weighted by Gasteiger charge is 2.10. The SMILES string of the molecule is CCNC(=NCc1ccc(CN2CCOCC2)cc1)NCCCn1cccn1.I. The highest BCUT2D eigenvalue weighted by molar-refractivity contribution is 14.0. The Morgan fingerprint density at radius 3 is 2.59 bits per heavy atom. The molecule has 0 saturated carbocycles. The van der Waals surface area contributed by atoms with Gasteiger partial charge in [0.15, 0.2) is 5.96 Å². The Balaban J connectivity index is 0.00000300. The Morgan fingerprint density at radius 1 is 1.14 bits per heavy atom. The van der Waals surface area contributed by atoms with Crippen LogP contribution in [0.15, 0.2) is 47.7 Å². The van der Waals surface area contributed by atoms with E-state index in [-0.39, 0.29) is 24.0 Å². The lowest BCUT2D eigenvalue weighted by molar-refractivity contribution is 0.0342. The van der Waals surface area contributed by atoms with Crippen LogP contribution in [0.4, 0.5) is 0 Å². The Kier molecular flexibility index (Phi) is 11.0. The molecule has 0 unspecified atom stereocenters. The molecule has 0 spiro atoms. The van der Waals surface area contributed by atoms with Crippen LogP contribution in [0.25, 0.3) is 0 Å². The quantitative estimate of drug-likeness (QED) is 0.234. The van der Waals surface area contributed by atoms with Crippen LogP contribution in [-0.2, 0) is 24.4 Å². The molecule has 1 aliphatic heterocycles.